The molecule has 2 bridgehead atoms. The first-order chi connectivity index (χ1) is 21.2. The molecule has 15 atom stereocenters. The molecule has 8 aliphatic rings. The molecule has 3 N–H and O–H groups in total. The molecule has 0 amide bonds. The monoisotopic (exact) mass is 601 g/mol. The van der Waals surface area contributed by atoms with Crippen molar-refractivity contribution in [1.82, 2.24) is 4.90 Å². The third-order valence-corrected chi connectivity index (χ3v) is 16.9. The van der Waals surface area contributed by atoms with Gasteiger partial charge in [-0.15, -0.1) is 0 Å². The van der Waals surface area contributed by atoms with Crippen molar-refractivity contribution in [1.29, 1.82) is 0 Å². The van der Waals surface area contributed by atoms with E-state index in [9.17, 15) is 15.3 Å². The molecule has 2 spiro atoms. The molecule has 2 saturated heterocycles. The van der Waals surface area contributed by atoms with Gasteiger partial charge < -0.3 is 15.3 Å². The molecule has 6 saturated carbocycles. The van der Waals surface area contributed by atoms with Crippen LogP contribution < -0.4 is 0 Å². The average Bonchev–Trinajstić information content (AvgIpc) is 3.55. The molecule has 2 aliphatic heterocycles. The Morgan fingerprint density at radius 2 is 1.61 bits per heavy atom. The first-order valence-corrected chi connectivity index (χ1v) is 19.0. The van der Waals surface area contributed by atoms with Crippen molar-refractivity contribution in [2.75, 3.05) is 13.1 Å². The fourth-order valence-corrected chi connectivity index (χ4v) is 15.5. The number of rotatable bonds is 2. The first kappa shape index (κ1) is 29.2. The van der Waals surface area contributed by atoms with Gasteiger partial charge in [0.05, 0.1) is 17.8 Å². The maximum atomic E-state index is 12.2. The van der Waals surface area contributed by atoms with E-state index in [0.29, 0.717) is 41.5 Å². The van der Waals surface area contributed by atoms with Crippen LogP contribution in [0.15, 0.2) is 30.3 Å². The summed E-state index contributed by atoms with van der Waals surface area (Å²) in [6.07, 6.45) is 17.3. The first-order valence-electron chi connectivity index (χ1n) is 19.0. The highest BCUT2D eigenvalue weighted by atomic mass is 16.3. The molecule has 242 valence electrons. The molecule has 9 rings (SSSR count). The van der Waals surface area contributed by atoms with Gasteiger partial charge in [-0.05, 0) is 166 Å². The van der Waals surface area contributed by atoms with Crippen LogP contribution in [0.3, 0.4) is 0 Å². The van der Waals surface area contributed by atoms with Crippen molar-refractivity contribution in [3.8, 4) is 0 Å². The molecule has 1 aromatic carbocycles. The van der Waals surface area contributed by atoms with E-state index < -0.39 is 5.60 Å². The smallest absolute Gasteiger partial charge is 0.0805 e. The van der Waals surface area contributed by atoms with Gasteiger partial charge in [0.25, 0.3) is 0 Å². The van der Waals surface area contributed by atoms with Crippen LogP contribution >= 0.6 is 0 Å². The number of aliphatic hydroxyl groups is 3. The molecule has 1 aromatic rings. The maximum absolute atomic E-state index is 12.2. The SMILES string of the molecule is C[C@@H]1CC[C@H]2N(C1)C[C@H]1[C@H]3C[C@H]4[C@@]56CCC[C@@]4(C[C@H](O)[C@H]5C[C@@H](O)[C@]4(CC[C@@H](Cc5ccccc5)C4)C6)[C@H]3CC[C@H]1[C@]2(C)O. The van der Waals surface area contributed by atoms with Crippen molar-refractivity contribution in [2.45, 2.75) is 134 Å². The van der Waals surface area contributed by atoms with Gasteiger partial charge in [-0.1, -0.05) is 43.7 Å². The van der Waals surface area contributed by atoms with Gasteiger partial charge in [-0.3, -0.25) is 4.90 Å². The summed E-state index contributed by atoms with van der Waals surface area (Å²) in [6, 6.07) is 11.4. The van der Waals surface area contributed by atoms with Crippen molar-refractivity contribution < 1.29 is 15.3 Å². The van der Waals surface area contributed by atoms with Gasteiger partial charge >= 0.3 is 0 Å². The van der Waals surface area contributed by atoms with Crippen LogP contribution in [0, 0.1) is 63.6 Å². The average molecular weight is 602 g/mol. The summed E-state index contributed by atoms with van der Waals surface area (Å²) in [7, 11) is 0. The van der Waals surface area contributed by atoms with Crippen LogP contribution in [-0.4, -0.2) is 57.2 Å². The number of aliphatic hydroxyl groups excluding tert-OH is 2. The van der Waals surface area contributed by atoms with Gasteiger partial charge in [0.1, 0.15) is 0 Å². The second kappa shape index (κ2) is 10.0. The Labute approximate surface area is 266 Å². The quantitative estimate of drug-likeness (QED) is 0.347. The Morgan fingerprint density at radius 1 is 0.818 bits per heavy atom. The van der Waals surface area contributed by atoms with E-state index in [-0.39, 0.29) is 34.4 Å². The van der Waals surface area contributed by atoms with E-state index in [1.807, 2.05) is 0 Å². The lowest BCUT2D eigenvalue weighted by molar-refractivity contribution is -0.231. The summed E-state index contributed by atoms with van der Waals surface area (Å²) in [5, 5.41) is 36.2. The highest BCUT2D eigenvalue weighted by Gasteiger charge is 2.73. The molecule has 0 radical (unpaired) electrons. The minimum Gasteiger partial charge on any atom is -0.393 e. The minimum atomic E-state index is -0.578. The highest BCUT2D eigenvalue weighted by molar-refractivity contribution is 5.23. The molecular formula is C40H59NO3. The topological polar surface area (TPSA) is 63.9 Å². The summed E-state index contributed by atoms with van der Waals surface area (Å²) in [4.78, 5) is 2.73. The summed E-state index contributed by atoms with van der Waals surface area (Å²) in [5.74, 6) is 4.81. The lowest BCUT2D eigenvalue weighted by atomic mass is 9.38. The molecule has 2 heterocycles. The molecule has 8 fully saturated rings. The van der Waals surface area contributed by atoms with Crippen LogP contribution in [0.2, 0.25) is 0 Å². The van der Waals surface area contributed by atoms with E-state index in [0.717, 1.165) is 44.6 Å². The number of fused-ring (bicyclic) bond motifs is 4. The normalized spacial score (nSPS) is 56.3. The molecule has 0 unspecified atom stereocenters. The summed E-state index contributed by atoms with van der Waals surface area (Å²) in [5.41, 5.74) is 1.39. The Morgan fingerprint density at radius 3 is 2.45 bits per heavy atom. The molecule has 44 heavy (non-hydrogen) atoms. The Hall–Kier alpha value is -0.940. The van der Waals surface area contributed by atoms with Crippen molar-refractivity contribution in [3.05, 3.63) is 35.9 Å². The zero-order valence-corrected chi connectivity index (χ0v) is 27.5. The molecule has 4 heteroatoms. The van der Waals surface area contributed by atoms with Crippen molar-refractivity contribution in [3.63, 3.8) is 0 Å². The zero-order chi connectivity index (χ0) is 30.1. The van der Waals surface area contributed by atoms with Gasteiger partial charge in [0, 0.05) is 19.1 Å². The van der Waals surface area contributed by atoms with E-state index >= 15 is 0 Å². The van der Waals surface area contributed by atoms with Crippen LogP contribution in [0.25, 0.3) is 0 Å². The summed E-state index contributed by atoms with van der Waals surface area (Å²) >= 11 is 0. The van der Waals surface area contributed by atoms with Gasteiger partial charge in [0.2, 0.25) is 0 Å². The van der Waals surface area contributed by atoms with Crippen LogP contribution in [-0.2, 0) is 6.42 Å². The zero-order valence-electron chi connectivity index (χ0n) is 27.5. The van der Waals surface area contributed by atoms with Gasteiger partial charge in [0.15, 0.2) is 0 Å². The molecule has 6 aliphatic carbocycles. The fraction of sp³-hybridized carbons (Fsp3) is 0.850. The second-order valence-corrected chi connectivity index (χ2v) is 18.6. The lowest BCUT2D eigenvalue weighted by Crippen LogP contribution is -2.67. The third-order valence-electron chi connectivity index (χ3n) is 16.9. The van der Waals surface area contributed by atoms with Crippen molar-refractivity contribution >= 4 is 0 Å². The number of hydrogen-bond donors (Lipinski definition) is 3. The number of piperidine rings is 2. The highest BCUT2D eigenvalue weighted by Crippen LogP contribution is 2.78. The van der Waals surface area contributed by atoms with Gasteiger partial charge in [-0.2, -0.15) is 0 Å². The molecule has 4 nitrogen and oxygen atoms in total. The van der Waals surface area contributed by atoms with Crippen LogP contribution in [0.5, 0.6) is 0 Å². The van der Waals surface area contributed by atoms with Crippen LogP contribution in [0.1, 0.15) is 109 Å². The molecule has 0 aromatic heterocycles. The summed E-state index contributed by atoms with van der Waals surface area (Å²) < 4.78 is 0. The lowest BCUT2D eigenvalue weighted by Gasteiger charge is -2.68. The number of benzene rings is 1. The maximum Gasteiger partial charge on any atom is 0.0805 e. The number of nitrogens with zero attached hydrogens (tertiary/aromatic N) is 1. The second-order valence-electron chi connectivity index (χ2n) is 18.6. The largest absolute Gasteiger partial charge is 0.393 e. The van der Waals surface area contributed by atoms with E-state index in [2.05, 4.69) is 49.1 Å². The third kappa shape index (κ3) is 3.96. The van der Waals surface area contributed by atoms with E-state index in [1.54, 1.807) is 0 Å². The Balaban J connectivity index is 1.04. The van der Waals surface area contributed by atoms with E-state index in [1.165, 1.54) is 76.3 Å². The van der Waals surface area contributed by atoms with E-state index in [4.69, 9.17) is 0 Å². The Bertz CT molecular complexity index is 1250. The predicted octanol–water partition coefficient (Wildman–Crippen LogP) is 6.85. The summed E-state index contributed by atoms with van der Waals surface area (Å²) in [6.45, 7) is 6.98. The van der Waals surface area contributed by atoms with Gasteiger partial charge in [-0.25, -0.2) is 0 Å². The predicted molar refractivity (Wildman–Crippen MR) is 174 cm³/mol. The molecular weight excluding hydrogens is 542 g/mol. The van der Waals surface area contributed by atoms with Crippen molar-refractivity contribution in [2.24, 2.45) is 63.6 Å². The number of hydrogen-bond acceptors (Lipinski definition) is 4. The standard InChI is InChI=1S/C40H59NO3/c1-25-9-12-35-37(2,44)30-10-11-31-28(29(30)23-41(35)22-25)18-34-39(31)14-6-15-40(34)24-38(36(43)19-32(40)33(42)21-39)16-13-27(20-38)17-26-7-4-3-5-8-26/h3-5,7-8,25,27-36,42-44H,6,9-24H2,1-2H3/t25-,27+,28-,29+,30-,31+,32-,33+,34-,35-,36-,37+,38+,39-,40-/m1/s1. The fourth-order valence-electron chi connectivity index (χ4n) is 15.5. The van der Waals surface area contributed by atoms with Crippen LogP contribution in [0.4, 0.5) is 0 Å². The Kier molecular flexibility index (Phi) is 6.66. The minimum absolute atomic E-state index is 0.0397.